The number of rotatable bonds is 22. The molecule has 0 amide bonds. The second kappa shape index (κ2) is 22.2. The Bertz CT molecular complexity index is 376. The Morgan fingerprint density at radius 1 is 0.750 bits per heavy atom. The van der Waals surface area contributed by atoms with Crippen molar-refractivity contribution in [2.75, 3.05) is 13.4 Å². The molecule has 0 N–H and O–H groups in total. The number of carbonyl (C=O) groups excluding carboxylic acids is 1. The molecular formula is C25H46O3. The summed E-state index contributed by atoms with van der Waals surface area (Å²) in [6, 6.07) is 0. The fourth-order valence-corrected chi connectivity index (χ4v) is 3.32. The molecule has 0 aromatic heterocycles. The number of carbonyl (C=O) groups is 1. The predicted octanol–water partition coefficient (Wildman–Crippen LogP) is 7.90. The van der Waals surface area contributed by atoms with Crippen molar-refractivity contribution in [1.29, 1.82) is 0 Å². The van der Waals surface area contributed by atoms with Crippen molar-refractivity contribution in [2.24, 2.45) is 0 Å². The molecule has 0 aliphatic rings. The largest absolute Gasteiger partial charge is 0.435 e. The number of hydrogen-bond acceptors (Lipinski definition) is 3. The quantitative estimate of drug-likeness (QED) is 0.0615. The lowest BCUT2D eigenvalue weighted by Crippen LogP contribution is -2.10. The van der Waals surface area contributed by atoms with Gasteiger partial charge in [0.2, 0.25) is 0 Å². The third-order valence-electron chi connectivity index (χ3n) is 5.13. The summed E-state index contributed by atoms with van der Waals surface area (Å²) in [5.74, 6) is -0.343. The van der Waals surface area contributed by atoms with E-state index >= 15 is 0 Å². The molecule has 3 heteroatoms. The number of unbranched alkanes of at least 4 members (excludes halogenated alkanes) is 15. The third kappa shape index (κ3) is 19.7. The standard InChI is InChI=1S/C25H46O3/c1-4-6-7-8-9-10-11-12-13-14-15-16-17-18-19-20-21-24(3)25(26)28-23-27-22-5-2/h5H,2-4,6-23H2,1H3. The maximum atomic E-state index is 11.7. The molecule has 0 unspecified atom stereocenters. The van der Waals surface area contributed by atoms with Crippen molar-refractivity contribution in [3.8, 4) is 0 Å². The van der Waals surface area contributed by atoms with Crippen molar-refractivity contribution in [1.82, 2.24) is 0 Å². The normalized spacial score (nSPS) is 10.8. The van der Waals surface area contributed by atoms with Crippen LogP contribution in [-0.4, -0.2) is 19.4 Å². The van der Waals surface area contributed by atoms with Crippen molar-refractivity contribution < 1.29 is 14.3 Å². The fraction of sp³-hybridized carbons (Fsp3) is 0.800. The van der Waals surface area contributed by atoms with Gasteiger partial charge in [-0.3, -0.25) is 0 Å². The van der Waals surface area contributed by atoms with Gasteiger partial charge in [-0.2, -0.15) is 0 Å². The Morgan fingerprint density at radius 3 is 1.61 bits per heavy atom. The zero-order valence-corrected chi connectivity index (χ0v) is 18.7. The Hall–Kier alpha value is -1.09. The van der Waals surface area contributed by atoms with Crippen molar-refractivity contribution in [3.05, 3.63) is 24.8 Å². The molecule has 0 radical (unpaired) electrons. The number of ether oxygens (including phenoxy) is 2. The Labute approximate surface area is 175 Å². The van der Waals surface area contributed by atoms with Gasteiger partial charge in [0, 0.05) is 5.57 Å². The molecule has 0 heterocycles. The van der Waals surface area contributed by atoms with Crippen LogP contribution in [-0.2, 0) is 14.3 Å². The molecule has 0 saturated heterocycles. The maximum absolute atomic E-state index is 11.7. The Balaban J connectivity index is 3.23. The van der Waals surface area contributed by atoms with E-state index in [1.165, 1.54) is 89.9 Å². The van der Waals surface area contributed by atoms with E-state index < -0.39 is 0 Å². The van der Waals surface area contributed by atoms with E-state index in [0.29, 0.717) is 12.2 Å². The monoisotopic (exact) mass is 394 g/mol. The van der Waals surface area contributed by atoms with E-state index in [1.54, 1.807) is 6.08 Å². The molecule has 164 valence electrons. The highest BCUT2D eigenvalue weighted by atomic mass is 16.7. The first-order valence-electron chi connectivity index (χ1n) is 11.8. The minimum absolute atomic E-state index is 0.0250. The van der Waals surface area contributed by atoms with Gasteiger partial charge in [0.05, 0.1) is 6.61 Å². The highest BCUT2D eigenvalue weighted by molar-refractivity contribution is 5.87. The van der Waals surface area contributed by atoms with Gasteiger partial charge in [-0.05, 0) is 12.8 Å². The topological polar surface area (TPSA) is 35.5 Å². The van der Waals surface area contributed by atoms with Gasteiger partial charge in [-0.15, -0.1) is 6.58 Å². The second-order valence-electron chi connectivity index (χ2n) is 7.87. The lowest BCUT2D eigenvalue weighted by Gasteiger charge is -2.07. The smallest absolute Gasteiger partial charge is 0.335 e. The maximum Gasteiger partial charge on any atom is 0.335 e. The van der Waals surface area contributed by atoms with Gasteiger partial charge in [-0.25, -0.2) is 4.79 Å². The summed E-state index contributed by atoms with van der Waals surface area (Å²) in [6.07, 6.45) is 24.0. The summed E-state index contributed by atoms with van der Waals surface area (Å²) in [6.45, 7) is 9.99. The molecule has 0 spiro atoms. The lowest BCUT2D eigenvalue weighted by molar-refractivity contribution is -0.150. The fourth-order valence-electron chi connectivity index (χ4n) is 3.32. The Kier molecular flexibility index (Phi) is 21.3. The highest BCUT2D eigenvalue weighted by Gasteiger charge is 2.07. The van der Waals surface area contributed by atoms with E-state index in [9.17, 15) is 4.79 Å². The summed E-state index contributed by atoms with van der Waals surface area (Å²) < 4.78 is 10.0. The van der Waals surface area contributed by atoms with Crippen LogP contribution in [0.15, 0.2) is 24.8 Å². The molecule has 0 atom stereocenters. The average molecular weight is 395 g/mol. The first-order valence-corrected chi connectivity index (χ1v) is 11.8. The molecule has 0 aromatic carbocycles. The molecule has 0 aliphatic carbocycles. The molecular weight excluding hydrogens is 348 g/mol. The average Bonchev–Trinajstić information content (AvgIpc) is 2.70. The molecule has 0 aliphatic heterocycles. The summed E-state index contributed by atoms with van der Waals surface area (Å²) in [5.41, 5.74) is 0.549. The lowest BCUT2D eigenvalue weighted by atomic mass is 10.0. The SMILES string of the molecule is C=CCOCOC(=O)C(=C)CCCCCCCCCCCCCCCCCC. The van der Waals surface area contributed by atoms with Crippen molar-refractivity contribution in [2.45, 2.75) is 116 Å². The summed E-state index contributed by atoms with van der Waals surface area (Å²) in [7, 11) is 0. The van der Waals surface area contributed by atoms with Crippen LogP contribution in [0.25, 0.3) is 0 Å². The highest BCUT2D eigenvalue weighted by Crippen LogP contribution is 2.15. The molecule has 3 nitrogen and oxygen atoms in total. The van der Waals surface area contributed by atoms with Gasteiger partial charge in [-0.1, -0.05) is 116 Å². The zero-order chi connectivity index (χ0) is 20.7. The van der Waals surface area contributed by atoms with Crippen LogP contribution >= 0.6 is 0 Å². The van der Waals surface area contributed by atoms with Crippen molar-refractivity contribution in [3.63, 3.8) is 0 Å². The number of hydrogen-bond donors (Lipinski definition) is 0. The van der Waals surface area contributed by atoms with Crippen LogP contribution in [0.5, 0.6) is 0 Å². The Morgan fingerprint density at radius 2 is 1.18 bits per heavy atom. The van der Waals surface area contributed by atoms with Gasteiger partial charge in [0.1, 0.15) is 0 Å². The summed E-state index contributed by atoms with van der Waals surface area (Å²) in [4.78, 5) is 11.7. The van der Waals surface area contributed by atoms with E-state index in [1.807, 2.05) is 0 Å². The van der Waals surface area contributed by atoms with Crippen LogP contribution in [0.1, 0.15) is 116 Å². The van der Waals surface area contributed by atoms with Gasteiger partial charge < -0.3 is 9.47 Å². The first kappa shape index (κ1) is 26.9. The molecule has 0 fully saturated rings. The van der Waals surface area contributed by atoms with E-state index in [0.717, 1.165) is 19.3 Å². The van der Waals surface area contributed by atoms with E-state index in [2.05, 4.69) is 20.1 Å². The van der Waals surface area contributed by atoms with Crippen LogP contribution in [0.2, 0.25) is 0 Å². The van der Waals surface area contributed by atoms with Crippen molar-refractivity contribution >= 4 is 5.97 Å². The molecule has 0 bridgehead atoms. The molecule has 0 aromatic rings. The minimum Gasteiger partial charge on any atom is -0.435 e. The molecule has 0 rings (SSSR count). The molecule has 28 heavy (non-hydrogen) atoms. The second-order valence-corrected chi connectivity index (χ2v) is 7.87. The first-order chi connectivity index (χ1) is 13.7. The molecule has 0 saturated carbocycles. The van der Waals surface area contributed by atoms with Crippen LogP contribution in [0, 0.1) is 0 Å². The third-order valence-corrected chi connectivity index (χ3v) is 5.13. The minimum atomic E-state index is -0.343. The van der Waals surface area contributed by atoms with E-state index in [4.69, 9.17) is 9.47 Å². The zero-order valence-electron chi connectivity index (χ0n) is 18.7. The number of esters is 1. The van der Waals surface area contributed by atoms with Gasteiger partial charge >= 0.3 is 5.97 Å². The predicted molar refractivity (Wildman–Crippen MR) is 120 cm³/mol. The van der Waals surface area contributed by atoms with Gasteiger partial charge in [0.25, 0.3) is 0 Å². The summed E-state index contributed by atoms with van der Waals surface area (Å²) >= 11 is 0. The van der Waals surface area contributed by atoms with E-state index in [-0.39, 0.29) is 12.8 Å². The van der Waals surface area contributed by atoms with Crippen LogP contribution in [0.4, 0.5) is 0 Å². The summed E-state index contributed by atoms with van der Waals surface area (Å²) in [5, 5.41) is 0. The van der Waals surface area contributed by atoms with Crippen LogP contribution < -0.4 is 0 Å². The van der Waals surface area contributed by atoms with Gasteiger partial charge in [0.15, 0.2) is 6.79 Å². The van der Waals surface area contributed by atoms with Crippen LogP contribution in [0.3, 0.4) is 0 Å².